The number of aryl methyl sites for hydroxylation is 2. The van der Waals surface area contributed by atoms with E-state index < -0.39 is 0 Å². The molecule has 4 rings (SSSR count). The molecule has 0 saturated heterocycles. The Hall–Kier alpha value is -2.95. The Morgan fingerprint density at radius 3 is 2.56 bits per heavy atom. The second kappa shape index (κ2) is 9.12. The molecule has 0 spiro atoms. The molecule has 0 saturated carbocycles. The summed E-state index contributed by atoms with van der Waals surface area (Å²) >= 11 is 0. The Labute approximate surface area is 161 Å². The van der Waals surface area contributed by atoms with Crippen molar-refractivity contribution in [2.75, 3.05) is 17.2 Å². The van der Waals surface area contributed by atoms with Gasteiger partial charge in [-0.2, -0.15) is 0 Å². The number of aromatic nitrogens is 3. The molecule has 1 aromatic carbocycles. The van der Waals surface area contributed by atoms with Crippen LogP contribution in [-0.4, -0.2) is 21.5 Å². The van der Waals surface area contributed by atoms with Gasteiger partial charge in [-0.15, -0.1) is 0 Å². The van der Waals surface area contributed by atoms with Gasteiger partial charge in [-0.1, -0.05) is 49.7 Å². The summed E-state index contributed by atoms with van der Waals surface area (Å²) in [6, 6.07) is 14.7. The predicted molar refractivity (Wildman–Crippen MR) is 111 cm³/mol. The van der Waals surface area contributed by atoms with Gasteiger partial charge in [-0.05, 0) is 30.5 Å². The van der Waals surface area contributed by atoms with Gasteiger partial charge in [0.2, 0.25) is 0 Å². The third-order valence-corrected chi connectivity index (χ3v) is 4.64. The molecule has 2 aromatic heterocycles. The second-order valence-electron chi connectivity index (χ2n) is 6.79. The summed E-state index contributed by atoms with van der Waals surface area (Å²) in [5, 5.41) is 0. The van der Waals surface area contributed by atoms with Gasteiger partial charge >= 0.3 is 0 Å². The minimum atomic E-state index is 0.580. The quantitative estimate of drug-likeness (QED) is 0.765. The van der Waals surface area contributed by atoms with Gasteiger partial charge in [-0.3, -0.25) is 0 Å². The van der Waals surface area contributed by atoms with Crippen molar-refractivity contribution >= 4 is 11.6 Å². The highest BCUT2D eigenvalue weighted by atomic mass is 15.2. The molecule has 0 amide bonds. The highest BCUT2D eigenvalue weighted by Crippen LogP contribution is 2.24. The molecule has 27 heavy (non-hydrogen) atoms. The zero-order chi connectivity index (χ0) is 19.1. The fourth-order valence-corrected chi connectivity index (χ4v) is 3.14. The van der Waals surface area contributed by atoms with Crippen molar-refractivity contribution in [3.8, 4) is 0 Å². The lowest BCUT2D eigenvalue weighted by Crippen LogP contribution is -2.32. The third-order valence-electron chi connectivity index (χ3n) is 4.64. The van der Waals surface area contributed by atoms with Gasteiger partial charge in [0, 0.05) is 31.3 Å². The summed E-state index contributed by atoms with van der Waals surface area (Å²) in [5.41, 5.74) is 10.6. The topological polar surface area (TPSA) is 67.9 Å². The molecule has 1 aliphatic heterocycles. The lowest BCUT2D eigenvalue weighted by molar-refractivity contribution is 0.699. The van der Waals surface area contributed by atoms with Crippen molar-refractivity contribution in [2.24, 2.45) is 0 Å². The summed E-state index contributed by atoms with van der Waals surface area (Å²) < 4.78 is 0. The van der Waals surface area contributed by atoms with Crippen molar-refractivity contribution < 1.29 is 0 Å². The fourth-order valence-electron chi connectivity index (χ4n) is 3.14. The van der Waals surface area contributed by atoms with E-state index in [9.17, 15) is 0 Å². The standard InChI is InChI=1S/C13H15N5.C9H12/c1-9-2-3-12(15-6-9)18-5-4-11-10(7-18)13(14)17-8-16-11;1-2-6-9-7-4-3-5-8-9/h2-3,6,8H,4-5,7H2,1H3,(H2,14,16,17);3-5,7-8H,2,6H2,1H3. The summed E-state index contributed by atoms with van der Waals surface area (Å²) in [6.45, 7) is 5.89. The van der Waals surface area contributed by atoms with Crippen LogP contribution in [0, 0.1) is 6.92 Å². The molecule has 0 atom stereocenters. The van der Waals surface area contributed by atoms with E-state index in [2.05, 4.69) is 63.2 Å². The van der Waals surface area contributed by atoms with Crippen molar-refractivity contribution in [1.82, 2.24) is 15.0 Å². The minimum absolute atomic E-state index is 0.580. The van der Waals surface area contributed by atoms with Crippen LogP contribution in [0.1, 0.15) is 35.7 Å². The SMILES string of the molecule is CCCc1ccccc1.Cc1ccc(N2CCc3ncnc(N)c3C2)nc1. The summed E-state index contributed by atoms with van der Waals surface area (Å²) in [7, 11) is 0. The number of rotatable bonds is 3. The molecule has 3 heterocycles. The van der Waals surface area contributed by atoms with E-state index in [1.165, 1.54) is 30.3 Å². The maximum Gasteiger partial charge on any atom is 0.132 e. The number of fused-ring (bicyclic) bond motifs is 1. The second-order valence-corrected chi connectivity index (χ2v) is 6.79. The smallest absolute Gasteiger partial charge is 0.132 e. The molecule has 2 N–H and O–H groups in total. The lowest BCUT2D eigenvalue weighted by atomic mass is 10.1. The molecule has 0 fully saturated rings. The number of nitrogens with zero attached hydrogens (tertiary/aromatic N) is 4. The van der Waals surface area contributed by atoms with Crippen molar-refractivity contribution in [3.05, 3.63) is 77.4 Å². The normalized spacial score (nSPS) is 12.7. The number of anilines is 2. The van der Waals surface area contributed by atoms with E-state index in [-0.39, 0.29) is 0 Å². The van der Waals surface area contributed by atoms with Crippen LogP contribution < -0.4 is 10.6 Å². The van der Waals surface area contributed by atoms with E-state index in [1.807, 2.05) is 19.2 Å². The molecular formula is C22H27N5. The van der Waals surface area contributed by atoms with Crippen LogP contribution in [0.15, 0.2) is 55.0 Å². The Kier molecular flexibility index (Phi) is 6.36. The number of pyridine rings is 1. The molecule has 0 radical (unpaired) electrons. The van der Waals surface area contributed by atoms with Crippen molar-refractivity contribution in [3.63, 3.8) is 0 Å². The van der Waals surface area contributed by atoms with Gasteiger partial charge in [-0.25, -0.2) is 15.0 Å². The van der Waals surface area contributed by atoms with Crippen LogP contribution >= 0.6 is 0 Å². The Bertz CT molecular complexity index is 846. The molecule has 1 aliphatic rings. The van der Waals surface area contributed by atoms with Gasteiger partial charge in [0.25, 0.3) is 0 Å². The van der Waals surface area contributed by atoms with Crippen LogP contribution in [0.3, 0.4) is 0 Å². The number of nitrogens with two attached hydrogens (primary N) is 1. The maximum atomic E-state index is 5.91. The Balaban J connectivity index is 0.000000197. The van der Waals surface area contributed by atoms with E-state index in [0.717, 1.165) is 36.6 Å². The largest absolute Gasteiger partial charge is 0.383 e. The molecular weight excluding hydrogens is 334 g/mol. The summed E-state index contributed by atoms with van der Waals surface area (Å²) in [4.78, 5) is 15.0. The highest BCUT2D eigenvalue weighted by Gasteiger charge is 2.20. The Morgan fingerprint density at radius 1 is 1.04 bits per heavy atom. The average Bonchev–Trinajstić information content (AvgIpc) is 2.70. The fraction of sp³-hybridized carbons (Fsp3) is 0.318. The average molecular weight is 361 g/mol. The molecule has 5 heteroatoms. The first-order valence-electron chi connectivity index (χ1n) is 9.47. The summed E-state index contributed by atoms with van der Waals surface area (Å²) in [6.07, 6.45) is 6.76. The number of hydrogen-bond donors (Lipinski definition) is 1. The van der Waals surface area contributed by atoms with Gasteiger partial charge in [0.15, 0.2) is 0 Å². The van der Waals surface area contributed by atoms with Crippen LogP contribution in [0.2, 0.25) is 0 Å². The first-order chi connectivity index (χ1) is 13.2. The zero-order valence-electron chi connectivity index (χ0n) is 16.1. The van der Waals surface area contributed by atoms with Gasteiger partial charge < -0.3 is 10.6 Å². The maximum absolute atomic E-state index is 5.91. The summed E-state index contributed by atoms with van der Waals surface area (Å²) in [5.74, 6) is 1.56. The van der Waals surface area contributed by atoms with Crippen molar-refractivity contribution in [2.45, 2.75) is 39.7 Å². The highest BCUT2D eigenvalue weighted by molar-refractivity contribution is 5.49. The van der Waals surface area contributed by atoms with E-state index >= 15 is 0 Å². The van der Waals surface area contributed by atoms with E-state index in [4.69, 9.17) is 5.73 Å². The third kappa shape index (κ3) is 5.03. The Morgan fingerprint density at radius 2 is 1.85 bits per heavy atom. The predicted octanol–water partition coefficient (Wildman–Crippen LogP) is 3.96. The molecule has 0 unspecified atom stereocenters. The van der Waals surface area contributed by atoms with Crippen LogP contribution in [0.5, 0.6) is 0 Å². The van der Waals surface area contributed by atoms with Crippen molar-refractivity contribution in [1.29, 1.82) is 0 Å². The molecule has 0 bridgehead atoms. The number of nitrogen functional groups attached to an aromatic ring is 1. The molecule has 3 aromatic rings. The monoisotopic (exact) mass is 361 g/mol. The van der Waals surface area contributed by atoms with Gasteiger partial charge in [0.05, 0.1) is 5.69 Å². The minimum Gasteiger partial charge on any atom is -0.383 e. The lowest BCUT2D eigenvalue weighted by Gasteiger charge is -2.29. The zero-order valence-corrected chi connectivity index (χ0v) is 16.1. The first-order valence-corrected chi connectivity index (χ1v) is 9.47. The van der Waals surface area contributed by atoms with E-state index in [1.54, 1.807) is 0 Å². The first kappa shape index (κ1) is 18.8. The van der Waals surface area contributed by atoms with Crippen LogP contribution in [-0.2, 0) is 19.4 Å². The van der Waals surface area contributed by atoms with Crippen LogP contribution in [0.25, 0.3) is 0 Å². The van der Waals surface area contributed by atoms with Gasteiger partial charge in [0.1, 0.15) is 18.0 Å². The molecule has 0 aliphatic carbocycles. The molecule has 5 nitrogen and oxygen atoms in total. The number of benzene rings is 1. The molecule has 140 valence electrons. The number of hydrogen-bond acceptors (Lipinski definition) is 5. The van der Waals surface area contributed by atoms with Crippen LogP contribution in [0.4, 0.5) is 11.6 Å². The van der Waals surface area contributed by atoms with E-state index in [0.29, 0.717) is 5.82 Å².